The number of hydrogen-bond acceptors (Lipinski definition) is 3. The van der Waals surface area contributed by atoms with Gasteiger partial charge in [-0.2, -0.15) is 13.2 Å². The van der Waals surface area contributed by atoms with Gasteiger partial charge < -0.3 is 15.3 Å². The number of piperidine rings is 1. The number of ketones is 1. The number of carbonyl (C=O) groups excluding carboxylic acids is 2. The molecule has 136 valence electrons. The molecule has 0 atom stereocenters. The van der Waals surface area contributed by atoms with Crippen LogP contribution in [-0.4, -0.2) is 47.4 Å². The van der Waals surface area contributed by atoms with Crippen molar-refractivity contribution in [2.24, 2.45) is 5.92 Å². The number of nitrogens with zero attached hydrogens (tertiary/aromatic N) is 1. The number of Topliss-reactive ketones (excluding diaryl/α,β-unsaturated/α-hetero) is 1. The van der Waals surface area contributed by atoms with Crippen molar-refractivity contribution in [3.63, 3.8) is 0 Å². The van der Waals surface area contributed by atoms with Crippen molar-refractivity contribution in [1.29, 1.82) is 0 Å². The zero-order chi connectivity index (χ0) is 18.6. The maximum absolute atomic E-state index is 12.5. The topological polar surface area (TPSA) is 86.7 Å². The number of alkyl halides is 3. The van der Waals surface area contributed by atoms with E-state index >= 15 is 0 Å². The van der Waals surface area contributed by atoms with E-state index in [0.717, 1.165) is 24.3 Å². The standard InChI is InChI=1S/C16H17F3N2O4/c17-16(18,19)12-3-1-10(2-4-12)13(22)9-20-14(23)11-5-7-21(8-6-11)15(24)25/h1-4,11H,5-9H2,(H,20,23)(H,24,25). The van der Waals surface area contributed by atoms with Gasteiger partial charge in [-0.15, -0.1) is 0 Å². The molecule has 1 aliphatic heterocycles. The van der Waals surface area contributed by atoms with Crippen molar-refractivity contribution < 1.29 is 32.7 Å². The van der Waals surface area contributed by atoms with Crippen LogP contribution < -0.4 is 5.32 Å². The van der Waals surface area contributed by atoms with Crippen LogP contribution in [0.5, 0.6) is 0 Å². The Morgan fingerprint density at radius 2 is 1.68 bits per heavy atom. The van der Waals surface area contributed by atoms with Crippen molar-refractivity contribution in [2.45, 2.75) is 19.0 Å². The Hall–Kier alpha value is -2.58. The molecule has 6 nitrogen and oxygen atoms in total. The van der Waals surface area contributed by atoms with Crippen LogP contribution in [0.15, 0.2) is 24.3 Å². The lowest BCUT2D eigenvalue weighted by Crippen LogP contribution is -2.43. The Morgan fingerprint density at radius 3 is 2.16 bits per heavy atom. The van der Waals surface area contributed by atoms with Crippen molar-refractivity contribution >= 4 is 17.8 Å². The molecular formula is C16H17F3N2O4. The minimum absolute atomic E-state index is 0.0778. The minimum Gasteiger partial charge on any atom is -0.465 e. The van der Waals surface area contributed by atoms with Crippen LogP contribution in [0.1, 0.15) is 28.8 Å². The molecule has 2 N–H and O–H groups in total. The molecule has 9 heteroatoms. The third kappa shape index (κ3) is 4.94. The third-order valence-corrected chi connectivity index (χ3v) is 4.09. The first-order chi connectivity index (χ1) is 11.7. The van der Waals surface area contributed by atoms with Crippen LogP contribution in [0.3, 0.4) is 0 Å². The van der Waals surface area contributed by atoms with Gasteiger partial charge in [-0.3, -0.25) is 9.59 Å². The molecule has 0 aliphatic carbocycles. The van der Waals surface area contributed by atoms with Crippen LogP contribution in [-0.2, 0) is 11.0 Å². The molecule has 1 saturated heterocycles. The number of amides is 2. The van der Waals surface area contributed by atoms with E-state index < -0.39 is 23.6 Å². The van der Waals surface area contributed by atoms with Gasteiger partial charge in [0.15, 0.2) is 5.78 Å². The average Bonchev–Trinajstić information content (AvgIpc) is 2.58. The highest BCUT2D eigenvalue weighted by atomic mass is 19.4. The number of carbonyl (C=O) groups is 3. The first-order valence-electron chi connectivity index (χ1n) is 7.64. The molecule has 0 spiro atoms. The van der Waals surface area contributed by atoms with Gasteiger partial charge in [0.2, 0.25) is 5.91 Å². The lowest BCUT2D eigenvalue weighted by atomic mass is 9.96. The Balaban J connectivity index is 1.83. The molecule has 1 heterocycles. The summed E-state index contributed by atoms with van der Waals surface area (Å²) < 4.78 is 37.4. The van der Waals surface area contributed by atoms with E-state index in [1.165, 1.54) is 4.90 Å². The van der Waals surface area contributed by atoms with Crippen molar-refractivity contribution in [2.75, 3.05) is 19.6 Å². The lowest BCUT2D eigenvalue weighted by Gasteiger charge is -2.29. The molecule has 0 aromatic heterocycles. The largest absolute Gasteiger partial charge is 0.465 e. The van der Waals surface area contributed by atoms with Gasteiger partial charge in [0.05, 0.1) is 12.1 Å². The number of hydrogen-bond donors (Lipinski definition) is 2. The normalized spacial score (nSPS) is 15.7. The fourth-order valence-electron chi connectivity index (χ4n) is 2.59. The van der Waals surface area contributed by atoms with Gasteiger partial charge in [0.25, 0.3) is 0 Å². The van der Waals surface area contributed by atoms with Gasteiger partial charge >= 0.3 is 12.3 Å². The van der Waals surface area contributed by atoms with Crippen LogP contribution in [0.4, 0.5) is 18.0 Å². The SMILES string of the molecule is O=C(CNC(=O)C1CCN(C(=O)O)CC1)c1ccc(C(F)(F)F)cc1. The van der Waals surface area contributed by atoms with Crippen LogP contribution in [0.2, 0.25) is 0 Å². The molecule has 1 aromatic carbocycles. The zero-order valence-electron chi connectivity index (χ0n) is 13.2. The fourth-order valence-corrected chi connectivity index (χ4v) is 2.59. The van der Waals surface area contributed by atoms with E-state index in [0.29, 0.717) is 12.8 Å². The molecule has 1 aliphatic rings. The average molecular weight is 358 g/mol. The molecular weight excluding hydrogens is 341 g/mol. The summed E-state index contributed by atoms with van der Waals surface area (Å²) in [7, 11) is 0. The summed E-state index contributed by atoms with van der Waals surface area (Å²) in [5.41, 5.74) is -0.771. The highest BCUT2D eigenvalue weighted by molar-refractivity contribution is 5.99. The highest BCUT2D eigenvalue weighted by Gasteiger charge is 2.30. The second kappa shape index (κ2) is 7.54. The van der Waals surface area contributed by atoms with Crippen molar-refractivity contribution in [3.8, 4) is 0 Å². The van der Waals surface area contributed by atoms with Crippen molar-refractivity contribution in [1.82, 2.24) is 10.2 Å². The summed E-state index contributed by atoms with van der Waals surface area (Å²) in [6, 6.07) is 3.78. The van der Waals surface area contributed by atoms with E-state index in [1.807, 2.05) is 0 Å². The van der Waals surface area contributed by atoms with Gasteiger partial charge in [0.1, 0.15) is 0 Å². The minimum atomic E-state index is -4.47. The van der Waals surface area contributed by atoms with Gasteiger partial charge in [-0.1, -0.05) is 12.1 Å². The number of benzene rings is 1. The Morgan fingerprint density at radius 1 is 1.12 bits per heavy atom. The van der Waals surface area contributed by atoms with Crippen LogP contribution >= 0.6 is 0 Å². The van der Waals surface area contributed by atoms with E-state index in [-0.39, 0.29) is 37.0 Å². The van der Waals surface area contributed by atoms with E-state index in [1.54, 1.807) is 0 Å². The predicted molar refractivity (Wildman–Crippen MR) is 81.1 cm³/mol. The number of likely N-dealkylation sites (tertiary alicyclic amines) is 1. The summed E-state index contributed by atoms with van der Waals surface area (Å²) in [6.45, 7) is 0.184. The smallest absolute Gasteiger partial charge is 0.416 e. The number of carboxylic acid groups (broad SMARTS) is 1. The number of nitrogens with one attached hydrogen (secondary N) is 1. The summed E-state index contributed by atoms with van der Waals surface area (Å²) in [4.78, 5) is 36.0. The molecule has 0 bridgehead atoms. The first-order valence-corrected chi connectivity index (χ1v) is 7.64. The highest BCUT2D eigenvalue weighted by Crippen LogP contribution is 2.29. The Bertz CT molecular complexity index is 650. The van der Waals surface area contributed by atoms with Crippen LogP contribution in [0, 0.1) is 5.92 Å². The van der Waals surface area contributed by atoms with Crippen LogP contribution in [0.25, 0.3) is 0 Å². The monoisotopic (exact) mass is 358 g/mol. The quantitative estimate of drug-likeness (QED) is 0.809. The molecule has 25 heavy (non-hydrogen) atoms. The molecule has 0 saturated carbocycles. The maximum atomic E-state index is 12.5. The van der Waals surface area contributed by atoms with Gasteiger partial charge in [-0.25, -0.2) is 4.79 Å². The second-order valence-corrected chi connectivity index (χ2v) is 5.76. The first kappa shape index (κ1) is 18.8. The number of rotatable bonds is 4. The van der Waals surface area contributed by atoms with Gasteiger partial charge in [-0.05, 0) is 25.0 Å². The van der Waals surface area contributed by atoms with E-state index in [4.69, 9.17) is 5.11 Å². The predicted octanol–water partition coefficient (Wildman–Crippen LogP) is 2.39. The van der Waals surface area contributed by atoms with E-state index in [9.17, 15) is 27.6 Å². The molecule has 0 unspecified atom stereocenters. The zero-order valence-corrected chi connectivity index (χ0v) is 13.2. The number of halogens is 3. The second-order valence-electron chi connectivity index (χ2n) is 5.76. The fraction of sp³-hybridized carbons (Fsp3) is 0.438. The molecule has 2 rings (SSSR count). The van der Waals surface area contributed by atoms with Crippen molar-refractivity contribution in [3.05, 3.63) is 35.4 Å². The molecule has 0 radical (unpaired) electrons. The summed E-state index contributed by atoms with van der Waals surface area (Å²) in [5, 5.41) is 11.3. The summed E-state index contributed by atoms with van der Waals surface area (Å²) >= 11 is 0. The third-order valence-electron chi connectivity index (χ3n) is 4.09. The Kier molecular flexibility index (Phi) is 5.66. The molecule has 2 amide bonds. The Labute approximate surface area is 141 Å². The lowest BCUT2D eigenvalue weighted by molar-refractivity contribution is -0.137. The van der Waals surface area contributed by atoms with Gasteiger partial charge in [0, 0.05) is 24.6 Å². The molecule has 1 fully saturated rings. The summed E-state index contributed by atoms with van der Waals surface area (Å²) in [6.07, 6.45) is -4.77. The summed E-state index contributed by atoms with van der Waals surface area (Å²) in [5.74, 6) is -1.23. The molecule has 1 aromatic rings. The maximum Gasteiger partial charge on any atom is 0.416 e. The van der Waals surface area contributed by atoms with E-state index in [2.05, 4.69) is 5.32 Å².